The Bertz CT molecular complexity index is 501. The minimum absolute atomic E-state index is 0.0292. The Hall–Kier alpha value is -1.66. The van der Waals surface area contributed by atoms with E-state index in [4.69, 9.17) is 17.3 Å². The predicted octanol–water partition coefficient (Wildman–Crippen LogP) is 2.70. The van der Waals surface area contributed by atoms with Crippen LogP contribution in [0.25, 0.3) is 0 Å². The van der Waals surface area contributed by atoms with Gasteiger partial charge in [-0.05, 0) is 25.0 Å². The van der Waals surface area contributed by atoms with Crippen molar-refractivity contribution in [3.63, 3.8) is 0 Å². The summed E-state index contributed by atoms with van der Waals surface area (Å²) < 4.78 is 0. The molecule has 0 aliphatic rings. The van der Waals surface area contributed by atoms with Crippen LogP contribution < -0.4 is 11.1 Å². The Kier molecular flexibility index (Phi) is 4.85. The highest BCUT2D eigenvalue weighted by atomic mass is 35.5. The molecule has 0 atom stereocenters. The number of carbonyl (C=O) groups excluding carboxylic acids is 1. The highest BCUT2D eigenvalue weighted by molar-refractivity contribution is 6.33. The largest absolute Gasteiger partial charge is 0.324 e. The van der Waals surface area contributed by atoms with Gasteiger partial charge >= 0.3 is 0 Å². The zero-order chi connectivity index (χ0) is 14.6. The van der Waals surface area contributed by atoms with Crippen LogP contribution in [0.1, 0.15) is 26.7 Å². The molecule has 1 rings (SSSR count). The molecule has 0 saturated heterocycles. The topological polar surface area (TPSA) is 98.3 Å². The van der Waals surface area contributed by atoms with E-state index in [-0.39, 0.29) is 16.6 Å². The molecule has 0 heterocycles. The third-order valence-electron chi connectivity index (χ3n) is 3.12. The second kappa shape index (κ2) is 5.99. The Morgan fingerprint density at radius 3 is 2.47 bits per heavy atom. The lowest BCUT2D eigenvalue weighted by Gasteiger charge is -2.25. The number of hydrogen-bond donors (Lipinski definition) is 2. The third-order valence-corrected chi connectivity index (χ3v) is 3.42. The monoisotopic (exact) mass is 285 g/mol. The van der Waals surface area contributed by atoms with Crippen molar-refractivity contribution in [3.8, 4) is 0 Å². The van der Waals surface area contributed by atoms with E-state index in [9.17, 15) is 14.9 Å². The van der Waals surface area contributed by atoms with Crippen LogP contribution in [0.15, 0.2) is 18.2 Å². The minimum Gasteiger partial charge on any atom is -0.324 e. The maximum absolute atomic E-state index is 12.0. The normalized spacial score (nSPS) is 11.2. The number of amides is 1. The third kappa shape index (κ3) is 3.42. The number of carbonyl (C=O) groups is 1. The summed E-state index contributed by atoms with van der Waals surface area (Å²) >= 11 is 5.77. The summed E-state index contributed by atoms with van der Waals surface area (Å²) in [5.74, 6) is -0.331. The molecule has 6 nitrogen and oxygen atoms in total. The zero-order valence-electron chi connectivity index (χ0n) is 10.8. The first kappa shape index (κ1) is 15.4. The Morgan fingerprint density at radius 2 is 2.05 bits per heavy atom. The van der Waals surface area contributed by atoms with E-state index in [0.29, 0.717) is 18.5 Å². The Morgan fingerprint density at radius 1 is 1.47 bits per heavy atom. The number of anilines is 1. The zero-order valence-corrected chi connectivity index (χ0v) is 11.5. The Labute approximate surface area is 116 Å². The lowest BCUT2D eigenvalue weighted by atomic mass is 9.93. The highest BCUT2D eigenvalue weighted by Gasteiger charge is 2.30. The van der Waals surface area contributed by atoms with Crippen molar-refractivity contribution >= 4 is 28.9 Å². The molecule has 0 spiro atoms. The summed E-state index contributed by atoms with van der Waals surface area (Å²) in [6, 6.07) is 4.00. The van der Waals surface area contributed by atoms with Gasteiger partial charge in [-0.2, -0.15) is 0 Å². The summed E-state index contributed by atoms with van der Waals surface area (Å²) in [6.45, 7) is 3.65. The fourth-order valence-electron chi connectivity index (χ4n) is 1.56. The van der Waals surface area contributed by atoms with E-state index < -0.39 is 10.5 Å². The quantitative estimate of drug-likeness (QED) is 0.642. The Balaban J connectivity index is 2.92. The second-order valence-corrected chi connectivity index (χ2v) is 4.65. The van der Waals surface area contributed by atoms with E-state index in [1.807, 2.05) is 13.8 Å². The second-order valence-electron chi connectivity index (χ2n) is 4.24. The molecule has 0 saturated carbocycles. The molecule has 1 aromatic carbocycles. The fourth-order valence-corrected chi connectivity index (χ4v) is 1.81. The fraction of sp³-hybridized carbons (Fsp3) is 0.417. The molecule has 1 amide bonds. The van der Waals surface area contributed by atoms with Crippen LogP contribution in [-0.2, 0) is 4.79 Å². The molecule has 0 radical (unpaired) electrons. The van der Waals surface area contributed by atoms with Gasteiger partial charge in [-0.1, -0.05) is 25.4 Å². The van der Waals surface area contributed by atoms with Gasteiger partial charge in [0.2, 0.25) is 5.91 Å². The molecule has 0 aliphatic heterocycles. The average Bonchev–Trinajstić information content (AvgIpc) is 2.37. The van der Waals surface area contributed by atoms with Gasteiger partial charge in [0.15, 0.2) is 0 Å². The van der Waals surface area contributed by atoms with Crippen LogP contribution >= 0.6 is 11.6 Å². The van der Waals surface area contributed by atoms with Gasteiger partial charge in [0, 0.05) is 11.8 Å². The van der Waals surface area contributed by atoms with Crippen LogP contribution in [0.2, 0.25) is 5.02 Å². The van der Waals surface area contributed by atoms with Crippen molar-refractivity contribution in [2.24, 2.45) is 5.73 Å². The molecule has 0 aliphatic carbocycles. The maximum atomic E-state index is 12.0. The van der Waals surface area contributed by atoms with Crippen molar-refractivity contribution in [2.45, 2.75) is 32.2 Å². The number of nitrogens with one attached hydrogen (secondary N) is 1. The number of rotatable bonds is 5. The molecular weight excluding hydrogens is 270 g/mol. The van der Waals surface area contributed by atoms with E-state index in [0.717, 1.165) is 0 Å². The van der Waals surface area contributed by atoms with Crippen molar-refractivity contribution in [3.05, 3.63) is 33.3 Å². The number of nitro groups is 1. The van der Waals surface area contributed by atoms with Gasteiger partial charge in [-0.25, -0.2) is 0 Å². The number of nitrogens with zero attached hydrogens (tertiary/aromatic N) is 1. The molecule has 1 aromatic rings. The van der Waals surface area contributed by atoms with Crippen molar-refractivity contribution in [1.29, 1.82) is 0 Å². The summed E-state index contributed by atoms with van der Waals surface area (Å²) in [5, 5.41) is 13.2. The van der Waals surface area contributed by atoms with Crippen LogP contribution in [0.4, 0.5) is 11.4 Å². The van der Waals surface area contributed by atoms with E-state index in [2.05, 4.69) is 5.32 Å². The number of nitro benzene ring substituents is 1. The van der Waals surface area contributed by atoms with Crippen LogP contribution in [0.3, 0.4) is 0 Å². The van der Waals surface area contributed by atoms with Gasteiger partial charge < -0.3 is 11.1 Å². The standard InChI is InChI=1S/C12H16ClN3O3/c1-3-12(14,4-2)11(17)15-8-5-6-10(16(18)19)9(13)7-8/h5-7H,3-4,14H2,1-2H3,(H,15,17). The first-order valence-corrected chi connectivity index (χ1v) is 6.26. The van der Waals surface area contributed by atoms with Gasteiger partial charge in [0.1, 0.15) is 5.02 Å². The lowest BCUT2D eigenvalue weighted by molar-refractivity contribution is -0.384. The van der Waals surface area contributed by atoms with Crippen LogP contribution in [0, 0.1) is 10.1 Å². The summed E-state index contributed by atoms with van der Waals surface area (Å²) in [5.41, 5.74) is 5.18. The number of hydrogen-bond acceptors (Lipinski definition) is 4. The smallest absolute Gasteiger partial charge is 0.288 e. The summed E-state index contributed by atoms with van der Waals surface area (Å²) in [4.78, 5) is 22.1. The van der Waals surface area contributed by atoms with Crippen LogP contribution in [0.5, 0.6) is 0 Å². The molecule has 19 heavy (non-hydrogen) atoms. The van der Waals surface area contributed by atoms with Crippen molar-refractivity contribution < 1.29 is 9.72 Å². The molecule has 7 heteroatoms. The SMILES string of the molecule is CCC(N)(CC)C(=O)Nc1ccc([N+](=O)[O-])c(Cl)c1. The van der Waals surface area contributed by atoms with E-state index >= 15 is 0 Å². The van der Waals surface area contributed by atoms with E-state index in [1.165, 1.54) is 18.2 Å². The molecular formula is C12H16ClN3O3. The maximum Gasteiger partial charge on any atom is 0.288 e. The summed E-state index contributed by atoms with van der Waals surface area (Å²) in [6.07, 6.45) is 0.992. The highest BCUT2D eigenvalue weighted by Crippen LogP contribution is 2.27. The van der Waals surface area contributed by atoms with Crippen LogP contribution in [-0.4, -0.2) is 16.4 Å². The first-order chi connectivity index (χ1) is 8.84. The molecule has 0 aromatic heterocycles. The average molecular weight is 286 g/mol. The predicted molar refractivity (Wildman–Crippen MR) is 74.2 cm³/mol. The molecule has 0 unspecified atom stereocenters. The molecule has 0 bridgehead atoms. The first-order valence-electron chi connectivity index (χ1n) is 5.88. The van der Waals surface area contributed by atoms with Crippen molar-refractivity contribution in [1.82, 2.24) is 0 Å². The molecule has 0 fully saturated rings. The molecule has 3 N–H and O–H groups in total. The van der Waals surface area contributed by atoms with Gasteiger partial charge in [0.25, 0.3) is 5.69 Å². The summed E-state index contributed by atoms with van der Waals surface area (Å²) in [7, 11) is 0. The number of nitrogens with two attached hydrogens (primary N) is 1. The van der Waals surface area contributed by atoms with Gasteiger partial charge in [0.05, 0.1) is 10.5 Å². The van der Waals surface area contributed by atoms with Gasteiger partial charge in [-0.15, -0.1) is 0 Å². The van der Waals surface area contributed by atoms with E-state index in [1.54, 1.807) is 0 Å². The lowest BCUT2D eigenvalue weighted by Crippen LogP contribution is -2.50. The number of halogens is 1. The van der Waals surface area contributed by atoms with Crippen molar-refractivity contribution in [2.75, 3.05) is 5.32 Å². The van der Waals surface area contributed by atoms with Gasteiger partial charge in [-0.3, -0.25) is 14.9 Å². The molecule has 104 valence electrons. The number of benzene rings is 1. The minimum atomic E-state index is -0.950.